The Bertz CT molecular complexity index is 139. The lowest BCUT2D eigenvalue weighted by molar-refractivity contribution is 0.000634. The van der Waals surface area contributed by atoms with Gasteiger partial charge in [-0.2, -0.15) is 0 Å². The molecular formula is C11H23NO. The zero-order valence-corrected chi connectivity index (χ0v) is 8.97. The van der Waals surface area contributed by atoms with E-state index in [1.165, 1.54) is 19.3 Å². The van der Waals surface area contributed by atoms with Crippen LogP contribution in [0.25, 0.3) is 0 Å². The van der Waals surface area contributed by atoms with Crippen molar-refractivity contribution >= 4 is 0 Å². The van der Waals surface area contributed by atoms with Gasteiger partial charge in [0.15, 0.2) is 0 Å². The number of aliphatic hydroxyl groups is 1. The number of piperidine rings is 1. The van der Waals surface area contributed by atoms with Crippen molar-refractivity contribution in [2.75, 3.05) is 6.54 Å². The van der Waals surface area contributed by atoms with Crippen molar-refractivity contribution < 1.29 is 5.11 Å². The summed E-state index contributed by atoms with van der Waals surface area (Å²) in [4.78, 5) is 0. The SMILES string of the molecule is CCCCC(C)(O)C1CCCCN1. The zero-order valence-electron chi connectivity index (χ0n) is 8.97. The quantitative estimate of drug-likeness (QED) is 0.702. The maximum atomic E-state index is 10.2. The van der Waals surface area contributed by atoms with Crippen LogP contribution in [0.2, 0.25) is 0 Å². The first-order chi connectivity index (χ1) is 6.17. The Kier molecular flexibility index (Phi) is 4.20. The Labute approximate surface area is 81.7 Å². The summed E-state index contributed by atoms with van der Waals surface area (Å²) < 4.78 is 0. The summed E-state index contributed by atoms with van der Waals surface area (Å²) in [5, 5.41) is 13.6. The molecule has 78 valence electrons. The van der Waals surface area contributed by atoms with Gasteiger partial charge in [0, 0.05) is 6.04 Å². The molecule has 0 amide bonds. The van der Waals surface area contributed by atoms with Gasteiger partial charge >= 0.3 is 0 Å². The van der Waals surface area contributed by atoms with Crippen LogP contribution < -0.4 is 5.32 Å². The van der Waals surface area contributed by atoms with Crippen LogP contribution in [0.3, 0.4) is 0 Å². The van der Waals surface area contributed by atoms with E-state index in [2.05, 4.69) is 12.2 Å². The van der Waals surface area contributed by atoms with Gasteiger partial charge in [-0.05, 0) is 32.7 Å². The van der Waals surface area contributed by atoms with E-state index in [0.29, 0.717) is 6.04 Å². The van der Waals surface area contributed by atoms with Gasteiger partial charge in [0.2, 0.25) is 0 Å². The first-order valence-electron chi connectivity index (χ1n) is 5.62. The molecule has 0 radical (unpaired) electrons. The van der Waals surface area contributed by atoms with E-state index in [-0.39, 0.29) is 0 Å². The highest BCUT2D eigenvalue weighted by molar-refractivity contribution is 4.89. The van der Waals surface area contributed by atoms with Crippen molar-refractivity contribution in [1.29, 1.82) is 0 Å². The van der Waals surface area contributed by atoms with Gasteiger partial charge < -0.3 is 10.4 Å². The molecule has 0 aliphatic carbocycles. The molecule has 0 aromatic carbocycles. The summed E-state index contributed by atoms with van der Waals surface area (Å²) in [6.07, 6.45) is 6.90. The lowest BCUT2D eigenvalue weighted by Crippen LogP contribution is -2.50. The highest BCUT2D eigenvalue weighted by Gasteiger charge is 2.31. The molecule has 0 aromatic heterocycles. The van der Waals surface area contributed by atoms with E-state index < -0.39 is 5.60 Å². The first kappa shape index (κ1) is 11.0. The molecule has 0 bridgehead atoms. The van der Waals surface area contributed by atoms with E-state index in [1.54, 1.807) is 0 Å². The second-order valence-corrected chi connectivity index (χ2v) is 4.46. The monoisotopic (exact) mass is 185 g/mol. The highest BCUT2D eigenvalue weighted by Crippen LogP contribution is 2.23. The molecule has 1 heterocycles. The minimum Gasteiger partial charge on any atom is -0.389 e. The molecule has 2 N–H and O–H groups in total. The third-order valence-corrected chi connectivity index (χ3v) is 3.10. The molecule has 0 aromatic rings. The molecule has 1 fully saturated rings. The standard InChI is InChI=1S/C11H23NO/c1-3-4-8-11(2,13)10-7-5-6-9-12-10/h10,12-13H,3-9H2,1-2H3. The van der Waals surface area contributed by atoms with Crippen LogP contribution >= 0.6 is 0 Å². The summed E-state index contributed by atoms with van der Waals surface area (Å²) in [5.74, 6) is 0. The number of nitrogens with one attached hydrogen (secondary N) is 1. The van der Waals surface area contributed by atoms with Crippen molar-refractivity contribution in [1.82, 2.24) is 5.32 Å². The normalized spacial score (nSPS) is 28.4. The summed E-state index contributed by atoms with van der Waals surface area (Å²) >= 11 is 0. The second-order valence-electron chi connectivity index (χ2n) is 4.46. The predicted octanol–water partition coefficient (Wildman–Crippen LogP) is 2.07. The minimum absolute atomic E-state index is 0.327. The van der Waals surface area contributed by atoms with Gasteiger partial charge in [0.25, 0.3) is 0 Å². The fourth-order valence-corrected chi connectivity index (χ4v) is 2.09. The number of rotatable bonds is 4. The summed E-state index contributed by atoms with van der Waals surface area (Å²) in [5.41, 5.74) is -0.490. The fraction of sp³-hybridized carbons (Fsp3) is 1.00. The minimum atomic E-state index is -0.490. The Morgan fingerprint density at radius 3 is 2.77 bits per heavy atom. The molecule has 2 heteroatoms. The average Bonchev–Trinajstić information content (AvgIpc) is 2.16. The van der Waals surface area contributed by atoms with Gasteiger partial charge in [-0.25, -0.2) is 0 Å². The van der Waals surface area contributed by atoms with E-state index >= 15 is 0 Å². The van der Waals surface area contributed by atoms with Crippen LogP contribution in [0, 0.1) is 0 Å². The van der Waals surface area contributed by atoms with Gasteiger partial charge in [-0.1, -0.05) is 26.2 Å². The van der Waals surface area contributed by atoms with Crippen LogP contribution in [0.4, 0.5) is 0 Å². The number of unbranched alkanes of at least 4 members (excludes halogenated alkanes) is 1. The van der Waals surface area contributed by atoms with Gasteiger partial charge in [0.1, 0.15) is 0 Å². The first-order valence-corrected chi connectivity index (χ1v) is 5.62. The van der Waals surface area contributed by atoms with Crippen molar-refractivity contribution in [2.45, 2.75) is 64.0 Å². The average molecular weight is 185 g/mol. The van der Waals surface area contributed by atoms with E-state index in [1.807, 2.05) is 6.92 Å². The predicted molar refractivity (Wildman–Crippen MR) is 55.8 cm³/mol. The Morgan fingerprint density at radius 1 is 1.46 bits per heavy atom. The maximum Gasteiger partial charge on any atom is 0.0772 e. The fourth-order valence-electron chi connectivity index (χ4n) is 2.09. The zero-order chi connectivity index (χ0) is 9.73. The van der Waals surface area contributed by atoms with Crippen LogP contribution in [-0.2, 0) is 0 Å². The summed E-state index contributed by atoms with van der Waals surface area (Å²) in [7, 11) is 0. The summed E-state index contributed by atoms with van der Waals surface area (Å²) in [6.45, 7) is 5.23. The molecule has 2 nitrogen and oxygen atoms in total. The van der Waals surface area contributed by atoms with Gasteiger partial charge in [-0.3, -0.25) is 0 Å². The van der Waals surface area contributed by atoms with Crippen molar-refractivity contribution in [2.24, 2.45) is 0 Å². The van der Waals surface area contributed by atoms with E-state index in [4.69, 9.17) is 0 Å². The largest absolute Gasteiger partial charge is 0.389 e. The van der Waals surface area contributed by atoms with Crippen LogP contribution in [0.15, 0.2) is 0 Å². The third kappa shape index (κ3) is 3.28. The molecule has 13 heavy (non-hydrogen) atoms. The number of hydrogen-bond acceptors (Lipinski definition) is 2. The Balaban J connectivity index is 2.36. The molecular weight excluding hydrogens is 162 g/mol. The van der Waals surface area contributed by atoms with Gasteiger partial charge in [-0.15, -0.1) is 0 Å². The highest BCUT2D eigenvalue weighted by atomic mass is 16.3. The summed E-state index contributed by atoms with van der Waals surface area (Å²) in [6, 6.07) is 0.327. The molecule has 0 spiro atoms. The van der Waals surface area contributed by atoms with Crippen LogP contribution in [0.1, 0.15) is 52.4 Å². The Hall–Kier alpha value is -0.0800. The topological polar surface area (TPSA) is 32.3 Å². The van der Waals surface area contributed by atoms with Gasteiger partial charge in [0.05, 0.1) is 5.60 Å². The number of hydrogen-bond donors (Lipinski definition) is 2. The second kappa shape index (κ2) is 4.97. The van der Waals surface area contributed by atoms with Crippen LogP contribution in [0.5, 0.6) is 0 Å². The molecule has 1 saturated heterocycles. The molecule has 2 atom stereocenters. The van der Waals surface area contributed by atoms with Crippen molar-refractivity contribution in [3.05, 3.63) is 0 Å². The van der Waals surface area contributed by atoms with Crippen LogP contribution in [-0.4, -0.2) is 23.3 Å². The maximum absolute atomic E-state index is 10.2. The van der Waals surface area contributed by atoms with Crippen molar-refractivity contribution in [3.63, 3.8) is 0 Å². The molecule has 1 aliphatic heterocycles. The van der Waals surface area contributed by atoms with E-state index in [0.717, 1.165) is 25.8 Å². The Morgan fingerprint density at radius 2 is 2.23 bits per heavy atom. The smallest absolute Gasteiger partial charge is 0.0772 e. The van der Waals surface area contributed by atoms with Crippen molar-refractivity contribution in [3.8, 4) is 0 Å². The molecule has 0 saturated carbocycles. The third-order valence-electron chi connectivity index (χ3n) is 3.10. The molecule has 1 rings (SSSR count). The molecule has 1 aliphatic rings. The van der Waals surface area contributed by atoms with E-state index in [9.17, 15) is 5.11 Å². The lowest BCUT2D eigenvalue weighted by Gasteiger charge is -2.36. The molecule has 2 unspecified atom stereocenters. The lowest BCUT2D eigenvalue weighted by atomic mass is 9.85.